The topological polar surface area (TPSA) is 84.0 Å². The molecule has 0 aromatic heterocycles. The minimum atomic E-state index is -3.87. The number of piperidine rings is 1. The fourth-order valence-electron chi connectivity index (χ4n) is 3.70. The first-order valence-corrected chi connectivity index (χ1v) is 13.0. The molecule has 1 saturated heterocycles. The first-order chi connectivity index (χ1) is 15.3. The number of carbonyl (C=O) groups excluding carboxylic acids is 2. The van der Waals surface area contributed by atoms with Gasteiger partial charge in [-0.15, -0.1) is 0 Å². The quantitative estimate of drug-likeness (QED) is 0.393. The monoisotopic (exact) mass is 542 g/mol. The Labute approximate surface area is 201 Å². The van der Waals surface area contributed by atoms with Crippen molar-refractivity contribution in [2.24, 2.45) is 0 Å². The van der Waals surface area contributed by atoms with Crippen LogP contribution in [0.3, 0.4) is 0 Å². The lowest BCUT2D eigenvalue weighted by molar-refractivity contribution is -0.130. The Balaban J connectivity index is 1.94. The fourth-order valence-corrected chi connectivity index (χ4v) is 5.81. The van der Waals surface area contributed by atoms with Crippen LogP contribution in [0.4, 0.5) is 0 Å². The van der Waals surface area contributed by atoms with Crippen molar-refractivity contribution >= 4 is 49.4 Å². The van der Waals surface area contributed by atoms with E-state index in [0.29, 0.717) is 36.5 Å². The Bertz CT molecular complexity index is 1060. The highest BCUT2D eigenvalue weighted by Gasteiger charge is 2.35. The van der Waals surface area contributed by atoms with Crippen LogP contribution >= 0.6 is 27.5 Å². The summed E-state index contributed by atoms with van der Waals surface area (Å²) in [6, 6.07) is 12.3. The lowest BCUT2D eigenvalue weighted by Gasteiger charge is -2.38. The molecule has 2 aromatic carbocycles. The molecule has 1 atom stereocenters. The Kier molecular flexibility index (Phi) is 8.32. The summed E-state index contributed by atoms with van der Waals surface area (Å²) in [4.78, 5) is 25.8. The molecule has 0 saturated carbocycles. The number of sulfonamides is 1. The molecule has 0 radical (unpaired) electrons. The highest BCUT2D eigenvalue weighted by Crippen LogP contribution is 2.27. The van der Waals surface area contributed by atoms with Gasteiger partial charge in [-0.1, -0.05) is 39.7 Å². The number of amides is 1. The van der Waals surface area contributed by atoms with Crippen LogP contribution in [0.15, 0.2) is 53.4 Å². The summed E-state index contributed by atoms with van der Waals surface area (Å²) in [5, 5.41) is 0.638. The van der Waals surface area contributed by atoms with Gasteiger partial charge in [-0.3, -0.25) is 4.79 Å². The standard InChI is InChI=1S/C22H24BrClN2O5S/c1-31-22(28)17-6-4-16(5-7-17)14-26(19-3-2-12-25(15-19)21(27)13-23)32(29,30)20-10-8-18(24)9-11-20/h4-11,19H,2-3,12-15H2,1H3. The van der Waals surface area contributed by atoms with Crippen molar-refractivity contribution in [2.45, 2.75) is 30.3 Å². The molecule has 3 rings (SSSR count). The molecular weight excluding hydrogens is 520 g/mol. The van der Waals surface area contributed by atoms with Gasteiger partial charge >= 0.3 is 5.97 Å². The van der Waals surface area contributed by atoms with Gasteiger partial charge in [0, 0.05) is 30.7 Å². The summed E-state index contributed by atoms with van der Waals surface area (Å²) in [7, 11) is -2.56. The highest BCUT2D eigenvalue weighted by atomic mass is 79.9. The number of carbonyl (C=O) groups is 2. The van der Waals surface area contributed by atoms with E-state index in [1.54, 1.807) is 41.3 Å². The predicted molar refractivity (Wildman–Crippen MR) is 125 cm³/mol. The van der Waals surface area contributed by atoms with Crippen LogP contribution in [0.5, 0.6) is 0 Å². The molecule has 0 spiro atoms. The van der Waals surface area contributed by atoms with E-state index in [0.717, 1.165) is 5.56 Å². The predicted octanol–water partition coefficient (Wildman–Crippen LogP) is 3.70. The summed E-state index contributed by atoms with van der Waals surface area (Å²) in [6.07, 6.45) is 1.34. The minimum absolute atomic E-state index is 0.0685. The molecule has 1 unspecified atom stereocenters. The molecule has 7 nitrogen and oxygen atoms in total. The third-order valence-electron chi connectivity index (χ3n) is 5.40. The van der Waals surface area contributed by atoms with Gasteiger partial charge in [-0.2, -0.15) is 4.31 Å². The zero-order valence-corrected chi connectivity index (χ0v) is 20.7. The summed E-state index contributed by atoms with van der Waals surface area (Å²) in [5.74, 6) is -0.528. The SMILES string of the molecule is COC(=O)c1ccc(CN(C2CCCN(C(=O)CBr)C2)S(=O)(=O)c2ccc(Cl)cc2)cc1. The molecule has 32 heavy (non-hydrogen) atoms. The van der Waals surface area contributed by atoms with Crippen LogP contribution in [0.1, 0.15) is 28.8 Å². The number of hydrogen-bond acceptors (Lipinski definition) is 5. The lowest BCUT2D eigenvalue weighted by Crippen LogP contribution is -2.51. The maximum atomic E-state index is 13.6. The number of methoxy groups -OCH3 is 1. The molecule has 2 aromatic rings. The van der Waals surface area contributed by atoms with Crippen molar-refractivity contribution in [2.75, 3.05) is 25.5 Å². The summed E-state index contributed by atoms with van der Waals surface area (Å²) < 4.78 is 33.4. The third kappa shape index (κ3) is 5.70. The average molecular weight is 544 g/mol. The number of alkyl halides is 1. The number of benzene rings is 2. The second-order valence-electron chi connectivity index (χ2n) is 7.46. The van der Waals surface area contributed by atoms with Crippen LogP contribution in [0.25, 0.3) is 0 Å². The Morgan fingerprint density at radius 3 is 2.41 bits per heavy atom. The number of esters is 1. The Morgan fingerprint density at radius 1 is 1.16 bits per heavy atom. The third-order valence-corrected chi connectivity index (χ3v) is 8.05. The van der Waals surface area contributed by atoms with E-state index in [1.807, 2.05) is 0 Å². The van der Waals surface area contributed by atoms with Gasteiger partial charge in [0.05, 0.1) is 22.9 Å². The van der Waals surface area contributed by atoms with Gasteiger partial charge in [0.25, 0.3) is 0 Å². The molecule has 0 aliphatic carbocycles. The van der Waals surface area contributed by atoms with E-state index in [4.69, 9.17) is 16.3 Å². The zero-order chi connectivity index (χ0) is 23.3. The second kappa shape index (κ2) is 10.8. The number of halogens is 2. The molecule has 1 fully saturated rings. The van der Waals surface area contributed by atoms with Crippen LogP contribution in [0, 0.1) is 0 Å². The van der Waals surface area contributed by atoms with E-state index in [1.165, 1.54) is 23.5 Å². The van der Waals surface area contributed by atoms with Crippen molar-refractivity contribution in [3.63, 3.8) is 0 Å². The highest BCUT2D eigenvalue weighted by molar-refractivity contribution is 9.09. The maximum Gasteiger partial charge on any atom is 0.337 e. The summed E-state index contributed by atoms with van der Waals surface area (Å²) in [5.41, 5.74) is 1.11. The Hall–Kier alpha value is -1.94. The van der Waals surface area contributed by atoms with Crippen LogP contribution in [0.2, 0.25) is 5.02 Å². The van der Waals surface area contributed by atoms with Crippen molar-refractivity contribution < 1.29 is 22.7 Å². The number of nitrogens with zero attached hydrogens (tertiary/aromatic N) is 2. The minimum Gasteiger partial charge on any atom is -0.465 e. The summed E-state index contributed by atoms with van der Waals surface area (Å²) in [6.45, 7) is 1.02. The van der Waals surface area contributed by atoms with Crippen molar-refractivity contribution in [3.05, 3.63) is 64.7 Å². The van der Waals surface area contributed by atoms with Crippen molar-refractivity contribution in [1.29, 1.82) is 0 Å². The molecule has 1 aliphatic heterocycles. The molecule has 1 heterocycles. The number of ether oxygens (including phenoxy) is 1. The van der Waals surface area contributed by atoms with Gasteiger partial charge in [-0.25, -0.2) is 13.2 Å². The van der Waals surface area contributed by atoms with E-state index >= 15 is 0 Å². The van der Waals surface area contributed by atoms with Gasteiger partial charge in [0.1, 0.15) is 0 Å². The number of rotatable bonds is 7. The van der Waals surface area contributed by atoms with Crippen molar-refractivity contribution in [3.8, 4) is 0 Å². The number of hydrogen-bond donors (Lipinski definition) is 0. The maximum absolute atomic E-state index is 13.6. The number of likely N-dealkylation sites (tertiary alicyclic amines) is 1. The molecule has 0 N–H and O–H groups in total. The molecule has 1 amide bonds. The summed E-state index contributed by atoms with van der Waals surface area (Å²) >= 11 is 9.14. The average Bonchev–Trinajstić information content (AvgIpc) is 2.82. The van der Waals surface area contributed by atoms with Gasteiger partial charge in [0.15, 0.2) is 0 Å². The van der Waals surface area contributed by atoms with Gasteiger partial charge < -0.3 is 9.64 Å². The second-order valence-corrected chi connectivity index (χ2v) is 10.3. The first kappa shape index (κ1) is 24.7. The van der Waals surface area contributed by atoms with Crippen LogP contribution in [-0.2, 0) is 26.1 Å². The normalized spacial score (nSPS) is 16.8. The van der Waals surface area contributed by atoms with E-state index < -0.39 is 16.0 Å². The van der Waals surface area contributed by atoms with Gasteiger partial charge in [-0.05, 0) is 54.8 Å². The zero-order valence-electron chi connectivity index (χ0n) is 17.5. The van der Waals surface area contributed by atoms with E-state index in [2.05, 4.69) is 15.9 Å². The molecule has 1 aliphatic rings. The van der Waals surface area contributed by atoms with E-state index in [-0.39, 0.29) is 28.7 Å². The van der Waals surface area contributed by atoms with Crippen LogP contribution < -0.4 is 0 Å². The molecule has 10 heteroatoms. The smallest absolute Gasteiger partial charge is 0.337 e. The molecule has 172 valence electrons. The Morgan fingerprint density at radius 2 is 1.81 bits per heavy atom. The molecule has 0 bridgehead atoms. The first-order valence-electron chi connectivity index (χ1n) is 10.0. The van der Waals surface area contributed by atoms with Crippen LogP contribution in [-0.4, -0.2) is 61.1 Å². The lowest BCUT2D eigenvalue weighted by atomic mass is 10.0. The van der Waals surface area contributed by atoms with E-state index in [9.17, 15) is 18.0 Å². The fraction of sp³-hybridized carbons (Fsp3) is 0.364. The van der Waals surface area contributed by atoms with Gasteiger partial charge in [0.2, 0.25) is 15.9 Å². The van der Waals surface area contributed by atoms with Crippen molar-refractivity contribution in [1.82, 2.24) is 9.21 Å². The largest absolute Gasteiger partial charge is 0.465 e. The molecular formula is C22H24BrClN2O5S.